The molecule has 3 N–H and O–H groups in total. The maximum atomic E-state index is 11.9. The first kappa shape index (κ1) is 13.8. The summed E-state index contributed by atoms with van der Waals surface area (Å²) in [7, 11) is 2.86. The van der Waals surface area contributed by atoms with Gasteiger partial charge in [0.15, 0.2) is 0 Å². The highest BCUT2D eigenvalue weighted by atomic mass is 16.5. The molecule has 0 saturated heterocycles. The number of benzene rings is 1. The quantitative estimate of drug-likeness (QED) is 0.465. The number of hydrogen-bond acceptors (Lipinski definition) is 5. The van der Waals surface area contributed by atoms with Crippen LogP contribution in [0.1, 0.15) is 16.8 Å². The summed E-state index contributed by atoms with van der Waals surface area (Å²) in [5.41, 5.74) is 5.97. The maximum absolute atomic E-state index is 11.9. The summed E-state index contributed by atoms with van der Waals surface area (Å²) in [4.78, 5) is 24.3. The van der Waals surface area contributed by atoms with E-state index in [-0.39, 0.29) is 36.3 Å². The minimum absolute atomic E-state index is 0.125. The molecule has 0 radical (unpaired) electrons. The molecule has 0 heterocycles. The minimum Gasteiger partial charge on any atom is -0.506 e. The van der Waals surface area contributed by atoms with Crippen LogP contribution in [0.3, 0.4) is 0 Å². The van der Waals surface area contributed by atoms with Crippen molar-refractivity contribution in [1.82, 2.24) is 4.90 Å². The normalized spacial score (nSPS) is 9.89. The Morgan fingerprint density at radius 1 is 1.44 bits per heavy atom. The number of nitrogens with two attached hydrogens (primary N) is 1. The van der Waals surface area contributed by atoms with Crippen LogP contribution in [0.5, 0.6) is 5.75 Å². The van der Waals surface area contributed by atoms with Crippen LogP contribution in [0.4, 0.5) is 5.69 Å². The zero-order chi connectivity index (χ0) is 13.7. The topological polar surface area (TPSA) is 92.9 Å². The van der Waals surface area contributed by atoms with Gasteiger partial charge in [-0.1, -0.05) is 0 Å². The first-order valence-electron chi connectivity index (χ1n) is 5.36. The van der Waals surface area contributed by atoms with E-state index in [4.69, 9.17) is 5.73 Å². The second-order valence-corrected chi connectivity index (χ2v) is 3.83. The van der Waals surface area contributed by atoms with Crippen LogP contribution in [0, 0.1) is 0 Å². The van der Waals surface area contributed by atoms with Gasteiger partial charge in [-0.2, -0.15) is 0 Å². The molecule has 0 aromatic heterocycles. The Hall–Kier alpha value is -2.24. The number of phenolic OH excluding ortho intramolecular Hbond substituents is 1. The van der Waals surface area contributed by atoms with E-state index in [2.05, 4.69) is 4.74 Å². The molecule has 6 nitrogen and oxygen atoms in total. The number of amides is 1. The number of esters is 1. The van der Waals surface area contributed by atoms with Crippen molar-refractivity contribution in [2.24, 2.45) is 0 Å². The van der Waals surface area contributed by atoms with Crippen molar-refractivity contribution in [3.05, 3.63) is 23.8 Å². The number of aromatic hydroxyl groups is 1. The molecule has 0 aliphatic heterocycles. The fourth-order valence-electron chi connectivity index (χ4n) is 1.36. The second kappa shape index (κ2) is 5.90. The summed E-state index contributed by atoms with van der Waals surface area (Å²) < 4.78 is 4.49. The lowest BCUT2D eigenvalue weighted by molar-refractivity contribution is -0.140. The van der Waals surface area contributed by atoms with Crippen LogP contribution in [0.2, 0.25) is 0 Å². The van der Waals surface area contributed by atoms with Gasteiger partial charge in [0.25, 0.3) is 5.91 Å². The monoisotopic (exact) mass is 252 g/mol. The molecule has 0 saturated carbocycles. The Morgan fingerprint density at radius 2 is 2.11 bits per heavy atom. The molecule has 0 fully saturated rings. The fourth-order valence-corrected chi connectivity index (χ4v) is 1.36. The van der Waals surface area contributed by atoms with E-state index in [0.29, 0.717) is 5.56 Å². The molecule has 1 aromatic rings. The van der Waals surface area contributed by atoms with Crippen LogP contribution in [0.15, 0.2) is 18.2 Å². The van der Waals surface area contributed by atoms with Gasteiger partial charge in [-0.3, -0.25) is 9.59 Å². The summed E-state index contributed by atoms with van der Waals surface area (Å²) in [6, 6.07) is 4.27. The van der Waals surface area contributed by atoms with Gasteiger partial charge in [-0.25, -0.2) is 0 Å². The Kier molecular flexibility index (Phi) is 4.53. The van der Waals surface area contributed by atoms with E-state index in [9.17, 15) is 14.7 Å². The Morgan fingerprint density at radius 3 is 2.67 bits per heavy atom. The van der Waals surface area contributed by atoms with Crippen LogP contribution < -0.4 is 5.73 Å². The summed E-state index contributed by atoms with van der Waals surface area (Å²) in [5.74, 6) is -0.814. The standard InChI is InChI=1S/C12H16N2O4/c1-14(6-5-11(16)18-2)12(17)8-3-4-9(13)10(15)7-8/h3-4,7,15H,5-6,13H2,1-2H3. The molecule has 0 unspecified atom stereocenters. The van der Waals surface area contributed by atoms with Gasteiger partial charge in [0, 0.05) is 19.2 Å². The number of anilines is 1. The van der Waals surface area contributed by atoms with Crippen LogP contribution in [-0.4, -0.2) is 42.6 Å². The predicted octanol–water partition coefficient (Wildman–Crippen LogP) is 0.609. The molecule has 1 amide bonds. The lowest BCUT2D eigenvalue weighted by Crippen LogP contribution is -2.29. The van der Waals surface area contributed by atoms with Gasteiger partial charge in [-0.15, -0.1) is 0 Å². The number of carbonyl (C=O) groups excluding carboxylic acids is 2. The minimum atomic E-state index is -0.380. The van der Waals surface area contributed by atoms with E-state index in [1.54, 1.807) is 7.05 Å². The molecule has 0 spiro atoms. The predicted molar refractivity (Wildman–Crippen MR) is 66.1 cm³/mol. The Bertz CT molecular complexity index is 459. The molecule has 0 bridgehead atoms. The number of rotatable bonds is 4. The van der Waals surface area contributed by atoms with Gasteiger partial charge in [0.2, 0.25) is 0 Å². The number of phenols is 1. The van der Waals surface area contributed by atoms with Crippen molar-refractivity contribution in [2.75, 3.05) is 26.4 Å². The van der Waals surface area contributed by atoms with Gasteiger partial charge in [0.05, 0.1) is 19.2 Å². The van der Waals surface area contributed by atoms with Gasteiger partial charge < -0.3 is 20.5 Å². The molecular formula is C12H16N2O4. The van der Waals surface area contributed by atoms with Crippen molar-refractivity contribution < 1.29 is 19.4 Å². The number of nitrogens with zero attached hydrogens (tertiary/aromatic N) is 1. The first-order valence-corrected chi connectivity index (χ1v) is 5.36. The Balaban J connectivity index is 2.68. The zero-order valence-corrected chi connectivity index (χ0v) is 10.3. The zero-order valence-electron chi connectivity index (χ0n) is 10.3. The average molecular weight is 252 g/mol. The van der Waals surface area contributed by atoms with Crippen molar-refractivity contribution in [3.8, 4) is 5.75 Å². The number of methoxy groups -OCH3 is 1. The maximum Gasteiger partial charge on any atom is 0.307 e. The smallest absolute Gasteiger partial charge is 0.307 e. The molecule has 1 rings (SSSR count). The molecule has 18 heavy (non-hydrogen) atoms. The van der Waals surface area contributed by atoms with Gasteiger partial charge >= 0.3 is 5.97 Å². The van der Waals surface area contributed by atoms with Gasteiger partial charge in [-0.05, 0) is 18.2 Å². The lowest BCUT2D eigenvalue weighted by Gasteiger charge is -2.16. The van der Waals surface area contributed by atoms with Crippen molar-refractivity contribution in [2.45, 2.75) is 6.42 Å². The molecule has 0 aliphatic carbocycles. The third kappa shape index (κ3) is 3.38. The molecule has 6 heteroatoms. The Labute approximate surface area is 105 Å². The van der Waals surface area contributed by atoms with Crippen LogP contribution in [-0.2, 0) is 9.53 Å². The average Bonchev–Trinajstić information content (AvgIpc) is 2.37. The van der Waals surface area contributed by atoms with E-state index in [1.165, 1.54) is 30.2 Å². The third-order valence-electron chi connectivity index (χ3n) is 2.50. The third-order valence-corrected chi connectivity index (χ3v) is 2.50. The largest absolute Gasteiger partial charge is 0.506 e. The van der Waals surface area contributed by atoms with Crippen molar-refractivity contribution in [1.29, 1.82) is 0 Å². The van der Waals surface area contributed by atoms with Gasteiger partial charge in [0.1, 0.15) is 5.75 Å². The molecule has 0 atom stereocenters. The van der Waals surface area contributed by atoms with Crippen LogP contribution >= 0.6 is 0 Å². The van der Waals surface area contributed by atoms with Crippen LogP contribution in [0.25, 0.3) is 0 Å². The highest BCUT2D eigenvalue weighted by Crippen LogP contribution is 2.21. The van der Waals surface area contributed by atoms with E-state index in [0.717, 1.165) is 0 Å². The number of nitrogen functional groups attached to an aromatic ring is 1. The highest BCUT2D eigenvalue weighted by molar-refractivity contribution is 5.95. The van der Waals surface area contributed by atoms with E-state index in [1.807, 2.05) is 0 Å². The highest BCUT2D eigenvalue weighted by Gasteiger charge is 2.14. The SMILES string of the molecule is COC(=O)CCN(C)C(=O)c1ccc(N)c(O)c1. The number of carbonyl (C=O) groups is 2. The summed E-state index contributed by atoms with van der Waals surface area (Å²) in [6.07, 6.45) is 0.125. The first-order chi connectivity index (χ1) is 8.45. The summed E-state index contributed by atoms with van der Waals surface area (Å²) >= 11 is 0. The second-order valence-electron chi connectivity index (χ2n) is 3.83. The van der Waals surface area contributed by atoms with E-state index < -0.39 is 0 Å². The molecule has 1 aromatic carbocycles. The van der Waals surface area contributed by atoms with Crippen molar-refractivity contribution >= 4 is 17.6 Å². The molecule has 98 valence electrons. The summed E-state index contributed by atoms with van der Waals surface area (Å²) in [5, 5.41) is 9.42. The number of hydrogen-bond donors (Lipinski definition) is 2. The molecular weight excluding hydrogens is 236 g/mol. The molecule has 0 aliphatic rings. The van der Waals surface area contributed by atoms with E-state index >= 15 is 0 Å². The van der Waals surface area contributed by atoms with Crippen molar-refractivity contribution in [3.63, 3.8) is 0 Å². The summed E-state index contributed by atoms with van der Waals surface area (Å²) in [6.45, 7) is 0.247. The number of ether oxygens (including phenoxy) is 1. The fraction of sp³-hybridized carbons (Fsp3) is 0.333. The lowest BCUT2D eigenvalue weighted by atomic mass is 10.1.